The average molecular weight is 233 g/mol. The number of thioether (sulfide) groups is 1. The zero-order chi connectivity index (χ0) is 10.9. The van der Waals surface area contributed by atoms with Crippen LogP contribution in [0.4, 0.5) is 0 Å². The van der Waals surface area contributed by atoms with Crippen molar-refractivity contribution in [3.05, 3.63) is 0 Å². The lowest BCUT2D eigenvalue weighted by molar-refractivity contribution is 0.159. The third-order valence-corrected chi connectivity index (χ3v) is 3.71. The largest absolute Gasteiger partial charge is 0.396 e. The van der Waals surface area contributed by atoms with Gasteiger partial charge >= 0.3 is 0 Å². The second-order valence-electron chi connectivity index (χ2n) is 4.04. The molecule has 15 heavy (non-hydrogen) atoms. The van der Waals surface area contributed by atoms with E-state index in [4.69, 9.17) is 9.84 Å². The fourth-order valence-corrected chi connectivity index (χ4v) is 2.42. The number of nitrogens with one attached hydrogen (secondary N) is 1. The van der Waals surface area contributed by atoms with Gasteiger partial charge < -0.3 is 15.2 Å². The number of hydrogen-bond acceptors (Lipinski definition) is 4. The summed E-state index contributed by atoms with van der Waals surface area (Å²) in [5.74, 6) is 3.05. The van der Waals surface area contributed by atoms with Crippen molar-refractivity contribution in [1.82, 2.24) is 5.32 Å². The molecule has 1 aliphatic rings. The lowest BCUT2D eigenvalue weighted by Crippen LogP contribution is -2.36. The van der Waals surface area contributed by atoms with Crippen LogP contribution in [0.3, 0.4) is 0 Å². The van der Waals surface area contributed by atoms with Gasteiger partial charge in [-0.15, -0.1) is 0 Å². The molecule has 4 heteroatoms. The minimum atomic E-state index is 0.314. The zero-order valence-corrected chi connectivity index (χ0v) is 10.4. The first kappa shape index (κ1) is 13.3. The lowest BCUT2D eigenvalue weighted by Gasteiger charge is -2.16. The Hall–Kier alpha value is 0.230. The Bertz CT molecular complexity index is 154. The molecule has 0 radical (unpaired) electrons. The van der Waals surface area contributed by atoms with Crippen LogP contribution in [0, 0.1) is 5.92 Å². The molecule has 90 valence electrons. The van der Waals surface area contributed by atoms with E-state index < -0.39 is 0 Å². The monoisotopic (exact) mass is 233 g/mol. The maximum Gasteiger partial charge on any atom is 0.0618 e. The predicted octanol–water partition coefficient (Wildman–Crippen LogP) is 1.12. The van der Waals surface area contributed by atoms with Gasteiger partial charge in [0, 0.05) is 32.1 Å². The molecular formula is C11H23NO2S. The number of aliphatic hydroxyl groups excluding tert-OH is 1. The number of aliphatic hydroxyl groups is 1. The summed E-state index contributed by atoms with van der Waals surface area (Å²) in [5.41, 5.74) is 0. The van der Waals surface area contributed by atoms with Crippen LogP contribution in [0.2, 0.25) is 0 Å². The first-order valence-electron chi connectivity index (χ1n) is 5.79. The average Bonchev–Trinajstić information content (AvgIpc) is 3.05. The van der Waals surface area contributed by atoms with E-state index >= 15 is 0 Å². The van der Waals surface area contributed by atoms with Crippen molar-refractivity contribution >= 4 is 11.8 Å². The second-order valence-corrected chi connectivity index (χ2v) is 5.27. The van der Waals surface area contributed by atoms with Gasteiger partial charge in [0.15, 0.2) is 0 Å². The van der Waals surface area contributed by atoms with Crippen LogP contribution in [-0.2, 0) is 4.74 Å². The highest BCUT2D eigenvalue weighted by atomic mass is 32.2. The Morgan fingerprint density at radius 2 is 2.27 bits per heavy atom. The van der Waals surface area contributed by atoms with Gasteiger partial charge in [0.25, 0.3) is 0 Å². The number of methoxy groups -OCH3 is 1. The minimum absolute atomic E-state index is 0.314. The van der Waals surface area contributed by atoms with Gasteiger partial charge in [0.1, 0.15) is 0 Å². The van der Waals surface area contributed by atoms with Crippen molar-refractivity contribution in [3.63, 3.8) is 0 Å². The van der Waals surface area contributed by atoms with Crippen molar-refractivity contribution in [2.75, 3.05) is 38.4 Å². The van der Waals surface area contributed by atoms with E-state index in [-0.39, 0.29) is 0 Å². The molecule has 3 nitrogen and oxygen atoms in total. The highest BCUT2D eigenvalue weighted by Crippen LogP contribution is 2.32. The third kappa shape index (κ3) is 6.40. The Morgan fingerprint density at radius 3 is 2.87 bits per heavy atom. The normalized spacial score (nSPS) is 18.0. The summed E-state index contributed by atoms with van der Waals surface area (Å²) in [6.45, 7) is 2.21. The van der Waals surface area contributed by atoms with E-state index in [1.807, 2.05) is 11.8 Å². The highest BCUT2D eigenvalue weighted by Gasteiger charge is 2.30. The fraction of sp³-hybridized carbons (Fsp3) is 1.00. The van der Waals surface area contributed by atoms with Crippen LogP contribution in [-0.4, -0.2) is 49.5 Å². The third-order valence-electron chi connectivity index (χ3n) is 2.64. The molecule has 2 N–H and O–H groups in total. The van der Waals surface area contributed by atoms with Crippen LogP contribution in [0.5, 0.6) is 0 Å². The maximum atomic E-state index is 8.62. The van der Waals surface area contributed by atoms with Gasteiger partial charge in [-0.25, -0.2) is 0 Å². The molecule has 0 aromatic rings. The Labute approximate surface area is 97.0 Å². The molecule has 0 bridgehead atoms. The molecule has 0 spiro atoms. The summed E-state index contributed by atoms with van der Waals surface area (Å²) < 4.78 is 5.20. The van der Waals surface area contributed by atoms with Crippen molar-refractivity contribution < 1.29 is 9.84 Å². The van der Waals surface area contributed by atoms with Crippen molar-refractivity contribution in [2.45, 2.75) is 25.3 Å². The van der Waals surface area contributed by atoms with Crippen LogP contribution in [0.1, 0.15) is 19.3 Å². The molecular weight excluding hydrogens is 210 g/mol. The van der Waals surface area contributed by atoms with Crippen molar-refractivity contribution in [1.29, 1.82) is 0 Å². The standard InChI is InChI=1S/C11H23NO2S/c1-14-9-11(10-3-4-10)12-5-8-15-7-2-6-13/h10-13H,2-9H2,1H3. The summed E-state index contributed by atoms with van der Waals surface area (Å²) in [6, 6.07) is 0.563. The smallest absolute Gasteiger partial charge is 0.0618 e. The van der Waals surface area contributed by atoms with Gasteiger partial charge in [-0.1, -0.05) is 0 Å². The van der Waals surface area contributed by atoms with E-state index in [0.717, 1.165) is 37.0 Å². The number of rotatable bonds is 10. The molecule has 1 saturated carbocycles. The van der Waals surface area contributed by atoms with E-state index in [1.165, 1.54) is 12.8 Å². The predicted molar refractivity (Wildman–Crippen MR) is 65.4 cm³/mol. The molecule has 0 aromatic carbocycles. The molecule has 1 fully saturated rings. The topological polar surface area (TPSA) is 41.5 Å². The zero-order valence-electron chi connectivity index (χ0n) is 9.58. The quantitative estimate of drug-likeness (QED) is 0.555. The summed E-state index contributed by atoms with van der Waals surface area (Å²) in [7, 11) is 1.77. The maximum absolute atomic E-state index is 8.62. The van der Waals surface area contributed by atoms with Crippen LogP contribution >= 0.6 is 11.8 Å². The van der Waals surface area contributed by atoms with Gasteiger partial charge in [0.2, 0.25) is 0 Å². The van der Waals surface area contributed by atoms with E-state index in [9.17, 15) is 0 Å². The minimum Gasteiger partial charge on any atom is -0.396 e. The number of hydrogen-bond donors (Lipinski definition) is 2. The molecule has 0 aromatic heterocycles. The van der Waals surface area contributed by atoms with E-state index in [1.54, 1.807) is 7.11 Å². The molecule has 0 amide bonds. The van der Waals surface area contributed by atoms with Crippen LogP contribution < -0.4 is 5.32 Å². The Kier molecular flexibility index (Phi) is 7.44. The summed E-state index contributed by atoms with van der Waals surface area (Å²) in [5, 5.41) is 12.2. The summed E-state index contributed by atoms with van der Waals surface area (Å²) in [6.07, 6.45) is 3.63. The first-order chi connectivity index (χ1) is 7.38. The van der Waals surface area contributed by atoms with Crippen LogP contribution in [0.15, 0.2) is 0 Å². The van der Waals surface area contributed by atoms with Gasteiger partial charge in [-0.05, 0) is 30.9 Å². The second kappa shape index (κ2) is 8.39. The van der Waals surface area contributed by atoms with Crippen molar-refractivity contribution in [3.8, 4) is 0 Å². The number of ether oxygens (including phenoxy) is 1. The van der Waals surface area contributed by atoms with E-state index in [0.29, 0.717) is 12.6 Å². The first-order valence-corrected chi connectivity index (χ1v) is 6.95. The molecule has 0 saturated heterocycles. The Morgan fingerprint density at radius 1 is 1.47 bits per heavy atom. The molecule has 0 aliphatic heterocycles. The molecule has 1 unspecified atom stereocenters. The summed E-state index contributed by atoms with van der Waals surface area (Å²) in [4.78, 5) is 0. The fourth-order valence-electron chi connectivity index (χ4n) is 1.62. The Balaban J connectivity index is 1.92. The molecule has 1 atom stereocenters. The van der Waals surface area contributed by atoms with Gasteiger partial charge in [0.05, 0.1) is 6.61 Å². The highest BCUT2D eigenvalue weighted by molar-refractivity contribution is 7.99. The van der Waals surface area contributed by atoms with Crippen molar-refractivity contribution in [2.24, 2.45) is 5.92 Å². The van der Waals surface area contributed by atoms with Gasteiger partial charge in [-0.2, -0.15) is 11.8 Å². The summed E-state index contributed by atoms with van der Waals surface area (Å²) >= 11 is 1.91. The lowest BCUT2D eigenvalue weighted by atomic mass is 10.2. The van der Waals surface area contributed by atoms with E-state index in [2.05, 4.69) is 5.32 Å². The van der Waals surface area contributed by atoms with Gasteiger partial charge in [-0.3, -0.25) is 0 Å². The molecule has 0 heterocycles. The molecule has 1 rings (SSSR count). The molecule has 1 aliphatic carbocycles. The SMILES string of the molecule is COCC(NCCSCCCO)C1CC1. The van der Waals surface area contributed by atoms with Crippen LogP contribution in [0.25, 0.3) is 0 Å².